The van der Waals surface area contributed by atoms with Gasteiger partial charge < -0.3 is 5.32 Å². The van der Waals surface area contributed by atoms with Crippen molar-refractivity contribution in [2.24, 2.45) is 0 Å². The zero-order chi connectivity index (χ0) is 17.1. The van der Waals surface area contributed by atoms with Crippen LogP contribution in [0.3, 0.4) is 0 Å². The second-order valence-electron chi connectivity index (χ2n) is 5.75. The van der Waals surface area contributed by atoms with Gasteiger partial charge in [-0.2, -0.15) is 5.10 Å². The number of nitrogens with zero attached hydrogens (tertiary/aromatic N) is 3. The molecule has 1 aromatic heterocycles. The van der Waals surface area contributed by atoms with Gasteiger partial charge in [0.25, 0.3) is 0 Å². The quantitative estimate of drug-likeness (QED) is 0.622. The van der Waals surface area contributed by atoms with E-state index in [0.717, 1.165) is 27.7 Å². The molecular weight excluding hydrogens is 312 g/mol. The number of amides is 1. The van der Waals surface area contributed by atoms with Crippen LogP contribution in [0.5, 0.6) is 0 Å². The molecule has 0 saturated carbocycles. The summed E-state index contributed by atoms with van der Waals surface area (Å²) in [4.78, 5) is 16.3. The van der Waals surface area contributed by atoms with Crippen LogP contribution in [-0.4, -0.2) is 20.7 Å². The normalized spacial score (nSPS) is 10.7. The highest BCUT2D eigenvalue weighted by Gasteiger charge is 2.07. The minimum absolute atomic E-state index is 0.0372. The maximum atomic E-state index is 12.4. The third-order valence-electron chi connectivity index (χ3n) is 4.07. The van der Waals surface area contributed by atoms with E-state index in [1.165, 1.54) is 6.33 Å². The number of hydrogen-bond acceptors (Lipinski definition) is 3. The van der Waals surface area contributed by atoms with E-state index in [9.17, 15) is 4.79 Å². The van der Waals surface area contributed by atoms with E-state index >= 15 is 0 Å². The van der Waals surface area contributed by atoms with Gasteiger partial charge in [0.05, 0.1) is 12.1 Å². The molecule has 1 amide bonds. The van der Waals surface area contributed by atoms with Crippen molar-refractivity contribution in [1.29, 1.82) is 0 Å². The van der Waals surface area contributed by atoms with Gasteiger partial charge in [0.15, 0.2) is 0 Å². The van der Waals surface area contributed by atoms with Gasteiger partial charge in [-0.1, -0.05) is 42.5 Å². The molecule has 3 aromatic carbocycles. The van der Waals surface area contributed by atoms with Crippen LogP contribution in [0.4, 0.5) is 5.69 Å². The molecular formula is C20H16N4O. The lowest BCUT2D eigenvalue weighted by molar-refractivity contribution is -0.115. The molecule has 0 atom stereocenters. The molecule has 0 aliphatic rings. The lowest BCUT2D eigenvalue weighted by atomic mass is 10.0. The highest BCUT2D eigenvalue weighted by molar-refractivity contribution is 5.96. The Morgan fingerprint density at radius 2 is 1.76 bits per heavy atom. The van der Waals surface area contributed by atoms with Gasteiger partial charge >= 0.3 is 0 Å². The van der Waals surface area contributed by atoms with Crippen molar-refractivity contribution < 1.29 is 4.79 Å². The maximum absolute atomic E-state index is 12.4. The van der Waals surface area contributed by atoms with Gasteiger partial charge in [-0.3, -0.25) is 4.79 Å². The Morgan fingerprint density at radius 3 is 2.56 bits per heavy atom. The van der Waals surface area contributed by atoms with E-state index in [0.29, 0.717) is 6.42 Å². The summed E-state index contributed by atoms with van der Waals surface area (Å²) in [6.07, 6.45) is 3.46. The Hall–Kier alpha value is -3.47. The number of fused-ring (bicyclic) bond motifs is 1. The van der Waals surface area contributed by atoms with Gasteiger partial charge in [0, 0.05) is 5.69 Å². The number of hydrogen-bond donors (Lipinski definition) is 1. The number of carbonyl (C=O) groups excluding carboxylic acids is 1. The van der Waals surface area contributed by atoms with E-state index in [-0.39, 0.29) is 5.91 Å². The van der Waals surface area contributed by atoms with E-state index < -0.39 is 0 Å². The fourth-order valence-electron chi connectivity index (χ4n) is 2.86. The number of anilines is 1. The van der Waals surface area contributed by atoms with Crippen LogP contribution in [0.1, 0.15) is 5.56 Å². The zero-order valence-electron chi connectivity index (χ0n) is 13.5. The van der Waals surface area contributed by atoms with Crippen LogP contribution < -0.4 is 5.32 Å². The topological polar surface area (TPSA) is 59.8 Å². The predicted octanol–water partition coefficient (Wildman–Crippen LogP) is 3.60. The van der Waals surface area contributed by atoms with Crippen molar-refractivity contribution in [3.05, 3.63) is 84.9 Å². The van der Waals surface area contributed by atoms with E-state index in [2.05, 4.69) is 27.5 Å². The lowest BCUT2D eigenvalue weighted by Crippen LogP contribution is -2.14. The van der Waals surface area contributed by atoms with Crippen LogP contribution in [0.15, 0.2) is 79.4 Å². The standard InChI is InChI=1S/C20H16N4O/c25-20(12-16-6-3-5-15-4-1-2-7-19(15)16)23-17-8-10-18(11-9-17)24-14-21-13-22-24/h1-11,13-14H,12H2,(H,23,25). The maximum Gasteiger partial charge on any atom is 0.228 e. The zero-order valence-corrected chi connectivity index (χ0v) is 13.5. The van der Waals surface area contributed by atoms with Gasteiger partial charge in [-0.05, 0) is 40.6 Å². The third-order valence-corrected chi connectivity index (χ3v) is 4.07. The third kappa shape index (κ3) is 3.26. The number of nitrogens with one attached hydrogen (secondary N) is 1. The predicted molar refractivity (Wildman–Crippen MR) is 97.6 cm³/mol. The summed E-state index contributed by atoms with van der Waals surface area (Å²) in [6.45, 7) is 0. The second kappa shape index (κ2) is 6.57. The molecule has 0 aliphatic carbocycles. The first-order valence-corrected chi connectivity index (χ1v) is 8.01. The summed E-state index contributed by atoms with van der Waals surface area (Å²) >= 11 is 0. The Bertz CT molecular complexity index is 1000. The Morgan fingerprint density at radius 1 is 0.960 bits per heavy atom. The lowest BCUT2D eigenvalue weighted by Gasteiger charge is -2.09. The minimum atomic E-state index is -0.0372. The number of rotatable bonds is 4. The first-order chi connectivity index (χ1) is 12.3. The van der Waals surface area contributed by atoms with Gasteiger partial charge in [0.2, 0.25) is 5.91 Å². The fourth-order valence-corrected chi connectivity index (χ4v) is 2.86. The molecule has 0 unspecified atom stereocenters. The first kappa shape index (κ1) is 15.1. The number of aromatic nitrogens is 3. The van der Waals surface area contributed by atoms with Gasteiger partial charge in [-0.15, -0.1) is 0 Å². The summed E-state index contributed by atoms with van der Waals surface area (Å²) in [5, 5.41) is 9.28. The van der Waals surface area contributed by atoms with E-state index in [4.69, 9.17) is 0 Å². The van der Waals surface area contributed by atoms with Crippen LogP contribution in [0.2, 0.25) is 0 Å². The van der Waals surface area contributed by atoms with Crippen LogP contribution in [0, 0.1) is 0 Å². The molecule has 0 aliphatic heterocycles. The molecule has 0 fully saturated rings. The molecule has 1 N–H and O–H groups in total. The van der Waals surface area contributed by atoms with Crippen molar-refractivity contribution >= 4 is 22.4 Å². The molecule has 0 saturated heterocycles. The molecule has 25 heavy (non-hydrogen) atoms. The molecule has 0 bridgehead atoms. The van der Waals surface area contributed by atoms with Crippen LogP contribution in [0.25, 0.3) is 16.5 Å². The van der Waals surface area contributed by atoms with Crippen LogP contribution >= 0.6 is 0 Å². The van der Waals surface area contributed by atoms with Crippen molar-refractivity contribution in [3.63, 3.8) is 0 Å². The number of carbonyl (C=O) groups is 1. The largest absolute Gasteiger partial charge is 0.326 e. The Labute approximate surface area is 144 Å². The molecule has 0 radical (unpaired) electrons. The average Bonchev–Trinajstić information content (AvgIpc) is 3.17. The van der Waals surface area contributed by atoms with E-state index in [1.54, 1.807) is 11.0 Å². The highest BCUT2D eigenvalue weighted by Crippen LogP contribution is 2.19. The van der Waals surface area contributed by atoms with Crippen molar-refractivity contribution in [2.45, 2.75) is 6.42 Å². The van der Waals surface area contributed by atoms with Gasteiger partial charge in [0.1, 0.15) is 12.7 Å². The molecule has 0 spiro atoms. The molecule has 4 aromatic rings. The molecule has 5 heteroatoms. The van der Waals surface area contributed by atoms with Crippen molar-refractivity contribution in [1.82, 2.24) is 14.8 Å². The SMILES string of the molecule is O=C(Cc1cccc2ccccc12)Nc1ccc(-n2cncn2)cc1. The molecule has 1 heterocycles. The van der Waals surface area contributed by atoms with Gasteiger partial charge in [-0.25, -0.2) is 9.67 Å². The van der Waals surface area contributed by atoms with Crippen molar-refractivity contribution in [2.75, 3.05) is 5.32 Å². The average molecular weight is 328 g/mol. The molecule has 4 rings (SSSR count). The fraction of sp³-hybridized carbons (Fsp3) is 0.0500. The monoisotopic (exact) mass is 328 g/mol. The highest BCUT2D eigenvalue weighted by atomic mass is 16.1. The smallest absolute Gasteiger partial charge is 0.228 e. The summed E-state index contributed by atoms with van der Waals surface area (Å²) < 4.78 is 1.67. The van der Waals surface area contributed by atoms with E-state index in [1.807, 2.05) is 54.6 Å². The minimum Gasteiger partial charge on any atom is -0.326 e. The summed E-state index contributed by atoms with van der Waals surface area (Å²) in [6, 6.07) is 21.6. The molecule has 122 valence electrons. The Balaban J connectivity index is 1.48. The summed E-state index contributed by atoms with van der Waals surface area (Å²) in [5.74, 6) is -0.0372. The molecule has 5 nitrogen and oxygen atoms in total. The Kier molecular flexibility index (Phi) is 3.96. The second-order valence-corrected chi connectivity index (χ2v) is 5.75. The first-order valence-electron chi connectivity index (χ1n) is 8.01. The summed E-state index contributed by atoms with van der Waals surface area (Å²) in [7, 11) is 0. The van der Waals surface area contributed by atoms with Crippen LogP contribution in [-0.2, 0) is 11.2 Å². The number of benzene rings is 3. The van der Waals surface area contributed by atoms with Crippen molar-refractivity contribution in [3.8, 4) is 5.69 Å². The summed E-state index contributed by atoms with van der Waals surface area (Å²) in [5.41, 5.74) is 2.67.